The number of benzene rings is 1. The van der Waals surface area contributed by atoms with Crippen LogP contribution in [0, 0.1) is 0 Å². The molecule has 1 aliphatic rings. The molecule has 4 N–H and O–H groups in total. The number of aliphatic carboxylic acids is 1. The molecule has 1 aromatic carbocycles. The fraction of sp³-hybridized carbons (Fsp3) is 0.267. The van der Waals surface area contributed by atoms with Gasteiger partial charge in [-0.1, -0.05) is 18.2 Å². The van der Waals surface area contributed by atoms with Gasteiger partial charge in [-0.3, -0.25) is 0 Å². The summed E-state index contributed by atoms with van der Waals surface area (Å²) in [4.78, 5) is 11.5. The van der Waals surface area contributed by atoms with E-state index in [1.165, 1.54) is 25.1 Å². The van der Waals surface area contributed by atoms with E-state index in [1.807, 2.05) is 0 Å². The zero-order chi connectivity index (χ0) is 16.7. The third kappa shape index (κ3) is 2.66. The van der Waals surface area contributed by atoms with E-state index in [0.717, 1.165) is 6.07 Å². The van der Waals surface area contributed by atoms with Crippen molar-refractivity contribution in [1.82, 2.24) is 5.32 Å². The molecule has 1 aromatic rings. The maximum Gasteiger partial charge on any atom is 0.416 e. The first-order valence-corrected chi connectivity index (χ1v) is 6.48. The van der Waals surface area contributed by atoms with E-state index in [4.69, 9.17) is 5.73 Å². The second kappa shape index (κ2) is 5.40. The van der Waals surface area contributed by atoms with Crippen molar-refractivity contribution in [3.05, 3.63) is 58.1 Å². The number of hydrogen-bond acceptors (Lipinski definition) is 3. The number of alkyl halides is 3. The fourth-order valence-corrected chi connectivity index (χ4v) is 2.62. The minimum atomic E-state index is -4.59. The molecule has 1 unspecified atom stereocenters. The van der Waals surface area contributed by atoms with Gasteiger partial charge in [-0.05, 0) is 25.5 Å². The summed E-state index contributed by atoms with van der Waals surface area (Å²) in [6.45, 7) is 3.10. The lowest BCUT2D eigenvalue weighted by atomic mass is 9.82. The molecule has 0 saturated carbocycles. The van der Waals surface area contributed by atoms with E-state index in [0.29, 0.717) is 5.70 Å². The van der Waals surface area contributed by atoms with Crippen molar-refractivity contribution < 1.29 is 23.1 Å². The van der Waals surface area contributed by atoms with E-state index >= 15 is 0 Å². The van der Waals surface area contributed by atoms with Crippen molar-refractivity contribution in [2.75, 3.05) is 0 Å². The van der Waals surface area contributed by atoms with Crippen molar-refractivity contribution in [2.45, 2.75) is 25.9 Å². The molecule has 0 aromatic heterocycles. The number of halogens is 3. The molecule has 1 atom stereocenters. The average molecular weight is 312 g/mol. The van der Waals surface area contributed by atoms with Gasteiger partial charge in [0.05, 0.1) is 17.1 Å². The summed E-state index contributed by atoms with van der Waals surface area (Å²) in [6.07, 6.45) is -4.59. The highest BCUT2D eigenvalue weighted by atomic mass is 19.4. The third-order valence-corrected chi connectivity index (χ3v) is 3.62. The highest BCUT2D eigenvalue weighted by molar-refractivity contribution is 5.91. The van der Waals surface area contributed by atoms with Gasteiger partial charge in [0.25, 0.3) is 0 Å². The first kappa shape index (κ1) is 15.9. The van der Waals surface area contributed by atoms with Crippen molar-refractivity contribution in [2.24, 2.45) is 5.73 Å². The molecule has 4 nitrogen and oxygen atoms in total. The van der Waals surface area contributed by atoms with Gasteiger partial charge in [-0.15, -0.1) is 0 Å². The number of hydrogen-bond donors (Lipinski definition) is 3. The Bertz CT molecular complexity index is 690. The van der Waals surface area contributed by atoms with Gasteiger partial charge in [0.1, 0.15) is 0 Å². The lowest BCUT2D eigenvalue weighted by Crippen LogP contribution is -2.32. The largest absolute Gasteiger partial charge is 0.478 e. The third-order valence-electron chi connectivity index (χ3n) is 3.62. The number of carboxylic acids is 1. The molecule has 7 heteroatoms. The Morgan fingerprint density at radius 1 is 1.23 bits per heavy atom. The Hall–Kier alpha value is -2.44. The predicted octanol–water partition coefficient (Wildman–Crippen LogP) is 2.94. The van der Waals surface area contributed by atoms with Crippen molar-refractivity contribution in [3.8, 4) is 0 Å². The number of carbonyl (C=O) groups is 1. The Morgan fingerprint density at radius 3 is 2.36 bits per heavy atom. The second-order valence-corrected chi connectivity index (χ2v) is 5.07. The summed E-state index contributed by atoms with van der Waals surface area (Å²) in [5, 5.41) is 12.2. The van der Waals surface area contributed by atoms with Crippen LogP contribution >= 0.6 is 0 Å². The summed E-state index contributed by atoms with van der Waals surface area (Å²) < 4.78 is 39.7. The smallest absolute Gasteiger partial charge is 0.416 e. The summed E-state index contributed by atoms with van der Waals surface area (Å²) in [6, 6.07) is 4.88. The Kier molecular flexibility index (Phi) is 3.91. The summed E-state index contributed by atoms with van der Waals surface area (Å²) >= 11 is 0. The van der Waals surface area contributed by atoms with Gasteiger partial charge >= 0.3 is 12.1 Å². The number of nitrogens with one attached hydrogen (secondary N) is 1. The van der Waals surface area contributed by atoms with Gasteiger partial charge in [0.15, 0.2) is 0 Å². The van der Waals surface area contributed by atoms with E-state index in [1.54, 1.807) is 6.92 Å². The van der Waals surface area contributed by atoms with Crippen molar-refractivity contribution in [1.29, 1.82) is 0 Å². The van der Waals surface area contributed by atoms with Crippen LogP contribution in [0.15, 0.2) is 46.9 Å². The number of rotatable bonds is 2. The van der Waals surface area contributed by atoms with E-state index in [-0.39, 0.29) is 22.5 Å². The molecule has 0 aliphatic carbocycles. The summed E-state index contributed by atoms with van der Waals surface area (Å²) in [7, 11) is 0. The van der Waals surface area contributed by atoms with Crippen LogP contribution in [0.3, 0.4) is 0 Å². The molecule has 0 bridgehead atoms. The molecule has 1 aliphatic heterocycles. The lowest BCUT2D eigenvalue weighted by Gasteiger charge is -2.30. The Labute approximate surface area is 125 Å². The average Bonchev–Trinajstić information content (AvgIpc) is 2.41. The number of carboxylic acid groups (broad SMARTS) is 1. The van der Waals surface area contributed by atoms with Crippen LogP contribution in [-0.2, 0) is 11.0 Å². The molecule has 0 radical (unpaired) electrons. The molecule has 22 heavy (non-hydrogen) atoms. The molecule has 1 heterocycles. The fourth-order valence-electron chi connectivity index (χ4n) is 2.62. The Morgan fingerprint density at radius 2 is 1.82 bits per heavy atom. The van der Waals surface area contributed by atoms with Crippen LogP contribution in [0.4, 0.5) is 13.2 Å². The van der Waals surface area contributed by atoms with Gasteiger partial charge in [0.2, 0.25) is 0 Å². The van der Waals surface area contributed by atoms with Crippen LogP contribution in [0.2, 0.25) is 0 Å². The van der Waals surface area contributed by atoms with E-state index < -0.39 is 23.6 Å². The zero-order valence-corrected chi connectivity index (χ0v) is 12.0. The second-order valence-electron chi connectivity index (χ2n) is 5.07. The van der Waals surface area contributed by atoms with Gasteiger partial charge in [-0.2, -0.15) is 13.2 Å². The minimum Gasteiger partial charge on any atom is -0.478 e. The molecular formula is C15H15F3N2O2. The first-order valence-electron chi connectivity index (χ1n) is 6.48. The minimum absolute atomic E-state index is 0.0692. The molecular weight excluding hydrogens is 297 g/mol. The monoisotopic (exact) mass is 312 g/mol. The molecule has 0 amide bonds. The van der Waals surface area contributed by atoms with E-state index in [9.17, 15) is 23.1 Å². The first-order chi connectivity index (χ1) is 10.1. The number of allylic oxidation sites excluding steroid dienone is 3. The van der Waals surface area contributed by atoms with Gasteiger partial charge in [0, 0.05) is 17.1 Å². The maximum absolute atomic E-state index is 13.2. The highest BCUT2D eigenvalue weighted by Gasteiger charge is 2.39. The highest BCUT2D eigenvalue weighted by Crippen LogP contribution is 2.42. The topological polar surface area (TPSA) is 75.4 Å². The zero-order valence-electron chi connectivity index (χ0n) is 12.0. The van der Waals surface area contributed by atoms with Crippen molar-refractivity contribution >= 4 is 5.97 Å². The lowest BCUT2D eigenvalue weighted by molar-refractivity contribution is -0.139. The summed E-state index contributed by atoms with van der Waals surface area (Å²) in [5.74, 6) is -2.45. The summed E-state index contributed by atoms with van der Waals surface area (Å²) in [5.41, 5.74) is 5.48. The van der Waals surface area contributed by atoms with Crippen molar-refractivity contribution in [3.63, 3.8) is 0 Å². The SMILES string of the molecule is CC1=C(N)C(c2ccccc2C(F)(F)F)C(C(=O)O)=C(C)N1. The van der Waals surface area contributed by atoms with E-state index in [2.05, 4.69) is 5.32 Å². The molecule has 2 rings (SSSR count). The molecule has 0 saturated heterocycles. The molecule has 118 valence electrons. The Balaban J connectivity index is 2.73. The maximum atomic E-state index is 13.2. The quantitative estimate of drug-likeness (QED) is 0.785. The van der Waals surface area contributed by atoms with Gasteiger partial charge in [-0.25, -0.2) is 4.79 Å². The standard InChI is InChI=1S/C15H15F3N2O2/c1-7-11(14(21)22)12(13(19)8(2)20-7)9-5-3-4-6-10(9)15(16,17)18/h3-6,12,20H,19H2,1-2H3,(H,21,22). The predicted molar refractivity (Wildman–Crippen MR) is 74.5 cm³/mol. The van der Waals surface area contributed by atoms with Gasteiger partial charge < -0.3 is 16.2 Å². The van der Waals surface area contributed by atoms with Crippen LogP contribution in [0.25, 0.3) is 0 Å². The van der Waals surface area contributed by atoms with Crippen LogP contribution in [0.1, 0.15) is 30.9 Å². The number of dihydropyridines is 1. The normalized spacial score (nSPS) is 19.2. The molecule has 0 fully saturated rings. The van der Waals surface area contributed by atoms with Crippen LogP contribution in [-0.4, -0.2) is 11.1 Å². The molecule has 0 spiro atoms. The van der Waals surface area contributed by atoms with Crippen LogP contribution in [0.5, 0.6) is 0 Å². The van der Waals surface area contributed by atoms with Crippen LogP contribution < -0.4 is 11.1 Å². The number of nitrogens with two attached hydrogens (primary N) is 1.